The van der Waals surface area contributed by atoms with Crippen LogP contribution in [0, 0.1) is 18.6 Å². The van der Waals surface area contributed by atoms with Crippen LogP contribution in [0.25, 0.3) is 0 Å². The van der Waals surface area contributed by atoms with Gasteiger partial charge in [-0.25, -0.2) is 8.78 Å². The van der Waals surface area contributed by atoms with Gasteiger partial charge in [0.15, 0.2) is 0 Å². The predicted molar refractivity (Wildman–Crippen MR) is 82.7 cm³/mol. The quantitative estimate of drug-likeness (QED) is 0.835. The summed E-state index contributed by atoms with van der Waals surface area (Å²) in [5.41, 5.74) is 3.01. The molecule has 0 saturated carbocycles. The molecule has 0 aromatic heterocycles. The van der Waals surface area contributed by atoms with Crippen molar-refractivity contribution >= 4 is 11.6 Å². The summed E-state index contributed by atoms with van der Waals surface area (Å²) in [6, 6.07) is 9.64. The standard InChI is InChI=1S/C17H18ClF2N/c1-11-9-15(19)5-3-13(11)7-8-21-12(2)14-4-6-17(20)16(18)10-14/h3-6,9-10,12,21H,7-8H2,1-2H3. The van der Waals surface area contributed by atoms with Crippen LogP contribution in [-0.2, 0) is 6.42 Å². The summed E-state index contributed by atoms with van der Waals surface area (Å²) in [4.78, 5) is 0. The van der Waals surface area contributed by atoms with Gasteiger partial charge in [0.25, 0.3) is 0 Å². The number of hydrogen-bond donors (Lipinski definition) is 1. The van der Waals surface area contributed by atoms with E-state index in [4.69, 9.17) is 11.6 Å². The fourth-order valence-electron chi connectivity index (χ4n) is 2.26. The molecule has 112 valence electrons. The number of nitrogens with one attached hydrogen (secondary N) is 1. The molecular weight excluding hydrogens is 292 g/mol. The third-order valence-corrected chi connectivity index (χ3v) is 3.88. The van der Waals surface area contributed by atoms with Crippen molar-refractivity contribution in [1.29, 1.82) is 0 Å². The maximum absolute atomic E-state index is 13.1. The lowest BCUT2D eigenvalue weighted by Crippen LogP contribution is -2.21. The van der Waals surface area contributed by atoms with Gasteiger partial charge >= 0.3 is 0 Å². The Balaban J connectivity index is 1.92. The van der Waals surface area contributed by atoms with Gasteiger partial charge in [0, 0.05) is 6.04 Å². The van der Waals surface area contributed by atoms with Crippen molar-refractivity contribution in [2.75, 3.05) is 6.54 Å². The van der Waals surface area contributed by atoms with Crippen LogP contribution in [0.4, 0.5) is 8.78 Å². The highest BCUT2D eigenvalue weighted by atomic mass is 35.5. The van der Waals surface area contributed by atoms with Crippen molar-refractivity contribution in [2.24, 2.45) is 0 Å². The molecule has 0 amide bonds. The van der Waals surface area contributed by atoms with Crippen LogP contribution in [0.1, 0.15) is 29.7 Å². The first kappa shape index (κ1) is 15.9. The highest BCUT2D eigenvalue weighted by Crippen LogP contribution is 2.20. The molecule has 0 heterocycles. The average molecular weight is 310 g/mol. The van der Waals surface area contributed by atoms with Crippen LogP contribution < -0.4 is 5.32 Å². The molecule has 2 aromatic rings. The first-order chi connectivity index (χ1) is 9.97. The maximum Gasteiger partial charge on any atom is 0.141 e. The molecule has 0 bridgehead atoms. The molecule has 4 heteroatoms. The molecule has 0 radical (unpaired) electrons. The summed E-state index contributed by atoms with van der Waals surface area (Å²) in [5.74, 6) is -0.618. The second-order valence-electron chi connectivity index (χ2n) is 5.17. The second-order valence-corrected chi connectivity index (χ2v) is 5.58. The van der Waals surface area contributed by atoms with E-state index in [-0.39, 0.29) is 16.9 Å². The van der Waals surface area contributed by atoms with Crippen LogP contribution >= 0.6 is 11.6 Å². The van der Waals surface area contributed by atoms with E-state index in [2.05, 4.69) is 5.32 Å². The normalized spacial score (nSPS) is 12.4. The minimum atomic E-state index is -0.408. The van der Waals surface area contributed by atoms with Gasteiger partial charge in [-0.15, -0.1) is 0 Å². The Morgan fingerprint density at radius 2 is 1.90 bits per heavy atom. The fourth-order valence-corrected chi connectivity index (χ4v) is 2.45. The van der Waals surface area contributed by atoms with Gasteiger partial charge in [-0.2, -0.15) is 0 Å². The number of rotatable bonds is 5. The van der Waals surface area contributed by atoms with Crippen molar-refractivity contribution in [3.63, 3.8) is 0 Å². The topological polar surface area (TPSA) is 12.0 Å². The zero-order valence-electron chi connectivity index (χ0n) is 12.1. The smallest absolute Gasteiger partial charge is 0.141 e. The van der Waals surface area contributed by atoms with Crippen molar-refractivity contribution in [3.8, 4) is 0 Å². The van der Waals surface area contributed by atoms with Crippen LogP contribution in [0.2, 0.25) is 5.02 Å². The van der Waals surface area contributed by atoms with E-state index in [9.17, 15) is 8.78 Å². The Kier molecular flexibility index (Phi) is 5.32. The minimum Gasteiger partial charge on any atom is -0.310 e. The van der Waals surface area contributed by atoms with Gasteiger partial charge in [0.05, 0.1) is 5.02 Å². The Hall–Kier alpha value is -1.45. The molecule has 1 N–H and O–H groups in total. The van der Waals surface area contributed by atoms with E-state index in [1.165, 1.54) is 12.1 Å². The van der Waals surface area contributed by atoms with Crippen molar-refractivity contribution in [1.82, 2.24) is 5.32 Å². The van der Waals surface area contributed by atoms with Crippen molar-refractivity contribution in [2.45, 2.75) is 26.3 Å². The summed E-state index contributed by atoms with van der Waals surface area (Å²) >= 11 is 5.79. The number of hydrogen-bond acceptors (Lipinski definition) is 1. The summed E-state index contributed by atoms with van der Waals surface area (Å²) < 4.78 is 26.2. The highest BCUT2D eigenvalue weighted by Gasteiger charge is 2.08. The Morgan fingerprint density at radius 3 is 2.57 bits per heavy atom. The first-order valence-corrected chi connectivity index (χ1v) is 7.28. The molecule has 1 unspecified atom stereocenters. The first-order valence-electron chi connectivity index (χ1n) is 6.90. The van der Waals surface area contributed by atoms with Gasteiger partial charge in [0.1, 0.15) is 11.6 Å². The Bertz CT molecular complexity index is 628. The third-order valence-electron chi connectivity index (χ3n) is 3.59. The van der Waals surface area contributed by atoms with Gasteiger partial charge in [-0.1, -0.05) is 23.7 Å². The molecule has 2 rings (SSSR count). The van der Waals surface area contributed by atoms with E-state index in [0.29, 0.717) is 0 Å². The van der Waals surface area contributed by atoms with Crippen LogP contribution in [0.15, 0.2) is 36.4 Å². The molecule has 1 nitrogen and oxygen atoms in total. The van der Waals surface area contributed by atoms with E-state index in [1.807, 2.05) is 19.9 Å². The Labute approximate surface area is 128 Å². The summed E-state index contributed by atoms with van der Waals surface area (Å²) in [6.45, 7) is 4.66. The SMILES string of the molecule is Cc1cc(F)ccc1CCNC(C)c1ccc(F)c(Cl)c1. The van der Waals surface area contributed by atoms with Gasteiger partial charge in [0.2, 0.25) is 0 Å². The minimum absolute atomic E-state index is 0.0730. The third kappa shape index (κ3) is 4.26. The van der Waals surface area contributed by atoms with Crippen molar-refractivity contribution in [3.05, 3.63) is 69.7 Å². The van der Waals surface area contributed by atoms with Crippen LogP contribution in [0.5, 0.6) is 0 Å². The molecule has 0 fully saturated rings. The molecule has 0 saturated heterocycles. The van der Waals surface area contributed by atoms with Gasteiger partial charge < -0.3 is 5.32 Å². The fraction of sp³-hybridized carbons (Fsp3) is 0.294. The molecule has 0 aliphatic carbocycles. The lowest BCUT2D eigenvalue weighted by molar-refractivity contribution is 0.572. The summed E-state index contributed by atoms with van der Waals surface area (Å²) in [5, 5.41) is 3.50. The van der Waals surface area contributed by atoms with Crippen LogP contribution in [0.3, 0.4) is 0 Å². The predicted octanol–water partition coefficient (Wildman–Crippen LogP) is 4.82. The van der Waals surface area contributed by atoms with E-state index < -0.39 is 5.82 Å². The summed E-state index contributed by atoms with van der Waals surface area (Å²) in [7, 11) is 0. The number of halogens is 3. The zero-order chi connectivity index (χ0) is 15.4. The average Bonchev–Trinajstić information content (AvgIpc) is 2.44. The largest absolute Gasteiger partial charge is 0.310 e. The second kappa shape index (κ2) is 7.01. The molecule has 0 aliphatic rings. The lowest BCUT2D eigenvalue weighted by Gasteiger charge is -2.15. The zero-order valence-corrected chi connectivity index (χ0v) is 12.8. The van der Waals surface area contributed by atoms with Gasteiger partial charge in [-0.05, 0) is 67.8 Å². The molecule has 0 aliphatic heterocycles. The monoisotopic (exact) mass is 309 g/mol. The van der Waals surface area contributed by atoms with Gasteiger partial charge in [-0.3, -0.25) is 0 Å². The molecule has 1 atom stereocenters. The van der Waals surface area contributed by atoms with E-state index in [0.717, 1.165) is 29.7 Å². The Morgan fingerprint density at radius 1 is 1.14 bits per heavy atom. The highest BCUT2D eigenvalue weighted by molar-refractivity contribution is 6.30. The maximum atomic E-state index is 13.1. The summed E-state index contributed by atoms with van der Waals surface area (Å²) in [6.07, 6.45) is 0.811. The molecule has 21 heavy (non-hydrogen) atoms. The number of benzene rings is 2. The van der Waals surface area contributed by atoms with Crippen molar-refractivity contribution < 1.29 is 8.78 Å². The molecule has 2 aromatic carbocycles. The van der Waals surface area contributed by atoms with E-state index >= 15 is 0 Å². The molecule has 0 spiro atoms. The van der Waals surface area contributed by atoms with E-state index in [1.54, 1.807) is 18.2 Å². The lowest BCUT2D eigenvalue weighted by atomic mass is 10.0. The van der Waals surface area contributed by atoms with Crippen LogP contribution in [-0.4, -0.2) is 6.54 Å². The number of aryl methyl sites for hydroxylation is 1. The molecular formula is C17H18ClF2N.